The van der Waals surface area contributed by atoms with Gasteiger partial charge in [-0.2, -0.15) is 16.8 Å². The minimum absolute atomic E-state index is 0.0402. The average molecular weight is 665 g/mol. The molecule has 8 heteroatoms. The first-order valence-corrected chi connectivity index (χ1v) is 20.7. The van der Waals surface area contributed by atoms with Gasteiger partial charge in [-0.15, -0.1) is 0 Å². The SMILES string of the molecule is CCCCCCCCCCCCCc1ccccc1S(=O)(=O)Oc1cccc(CCCCCCCCCCCC)c1S(=O)(=O)O. The summed E-state index contributed by atoms with van der Waals surface area (Å²) in [6, 6.07) is 11.3. The molecular weight excluding hydrogens is 605 g/mol. The van der Waals surface area contributed by atoms with Crippen molar-refractivity contribution in [1.82, 2.24) is 0 Å². The third kappa shape index (κ3) is 16.0. The third-order valence-electron chi connectivity index (χ3n) is 8.61. The summed E-state index contributed by atoms with van der Waals surface area (Å²) in [7, 11) is -9.04. The number of hydrogen-bond acceptors (Lipinski definition) is 5. The maximum atomic E-state index is 13.5. The smallest absolute Gasteiger partial charge is 0.339 e. The van der Waals surface area contributed by atoms with E-state index >= 15 is 0 Å². The number of unbranched alkanes of at least 4 members (excludes halogenated alkanes) is 19. The Hall–Kier alpha value is -1.90. The van der Waals surface area contributed by atoms with Crippen molar-refractivity contribution in [3.8, 4) is 5.75 Å². The van der Waals surface area contributed by atoms with Gasteiger partial charge < -0.3 is 4.18 Å². The maximum Gasteiger partial charge on any atom is 0.339 e. The average Bonchev–Trinajstić information content (AvgIpc) is 3.00. The van der Waals surface area contributed by atoms with Gasteiger partial charge in [-0.25, -0.2) is 0 Å². The van der Waals surface area contributed by atoms with Crippen LogP contribution in [-0.2, 0) is 33.1 Å². The second-order valence-electron chi connectivity index (χ2n) is 12.6. The molecule has 0 spiro atoms. The van der Waals surface area contributed by atoms with Crippen molar-refractivity contribution in [3.63, 3.8) is 0 Å². The third-order valence-corrected chi connectivity index (χ3v) is 10.9. The number of aryl methyl sites for hydroxylation is 2. The summed E-state index contributed by atoms with van der Waals surface area (Å²) in [5.74, 6) is -0.355. The van der Waals surface area contributed by atoms with Crippen LogP contribution in [0.4, 0.5) is 0 Å². The highest BCUT2D eigenvalue weighted by Crippen LogP contribution is 2.32. The number of benzene rings is 2. The second-order valence-corrected chi connectivity index (χ2v) is 15.5. The van der Waals surface area contributed by atoms with E-state index in [0.717, 1.165) is 44.9 Å². The van der Waals surface area contributed by atoms with Gasteiger partial charge in [-0.05, 0) is 48.9 Å². The molecular formula is C37H60O6S2. The topological polar surface area (TPSA) is 97.7 Å². The molecule has 0 atom stereocenters. The van der Waals surface area contributed by atoms with Crippen LogP contribution in [0.2, 0.25) is 0 Å². The first-order chi connectivity index (χ1) is 21.7. The molecule has 0 saturated carbocycles. The first-order valence-electron chi connectivity index (χ1n) is 17.8. The van der Waals surface area contributed by atoms with Crippen LogP contribution in [0.1, 0.15) is 160 Å². The van der Waals surface area contributed by atoms with E-state index in [2.05, 4.69) is 13.8 Å². The van der Waals surface area contributed by atoms with Crippen LogP contribution in [0.15, 0.2) is 52.3 Å². The fourth-order valence-corrected chi connectivity index (χ4v) is 8.14. The summed E-state index contributed by atoms with van der Waals surface area (Å²) in [4.78, 5) is -0.411. The molecule has 0 saturated heterocycles. The lowest BCUT2D eigenvalue weighted by Gasteiger charge is -2.15. The monoisotopic (exact) mass is 664 g/mol. The van der Waals surface area contributed by atoms with E-state index in [9.17, 15) is 21.4 Å². The van der Waals surface area contributed by atoms with E-state index < -0.39 is 25.1 Å². The highest BCUT2D eigenvalue weighted by atomic mass is 32.2. The largest absolute Gasteiger partial charge is 0.377 e. The molecule has 0 aliphatic rings. The molecule has 256 valence electrons. The molecule has 6 nitrogen and oxygen atoms in total. The van der Waals surface area contributed by atoms with E-state index in [4.69, 9.17) is 4.18 Å². The van der Waals surface area contributed by atoms with Crippen LogP contribution < -0.4 is 4.18 Å². The normalized spacial score (nSPS) is 12.1. The Labute approximate surface area is 275 Å². The van der Waals surface area contributed by atoms with Crippen LogP contribution in [-0.4, -0.2) is 21.4 Å². The molecule has 0 amide bonds. The molecule has 0 radical (unpaired) electrons. The Morgan fingerprint density at radius 1 is 0.511 bits per heavy atom. The van der Waals surface area contributed by atoms with Gasteiger partial charge in [0.15, 0.2) is 5.75 Å². The molecule has 45 heavy (non-hydrogen) atoms. The molecule has 2 rings (SSSR count). The van der Waals surface area contributed by atoms with Crippen molar-refractivity contribution < 1.29 is 25.6 Å². The van der Waals surface area contributed by atoms with E-state index in [1.807, 2.05) is 6.07 Å². The molecule has 0 aliphatic heterocycles. The van der Waals surface area contributed by atoms with Crippen molar-refractivity contribution in [1.29, 1.82) is 0 Å². The summed E-state index contributed by atoms with van der Waals surface area (Å²) >= 11 is 0. The van der Waals surface area contributed by atoms with Crippen molar-refractivity contribution >= 4 is 20.2 Å². The molecule has 2 aromatic rings. The highest BCUT2D eigenvalue weighted by molar-refractivity contribution is 7.87. The fourth-order valence-electron chi connectivity index (χ4n) is 6.02. The van der Waals surface area contributed by atoms with Crippen molar-refractivity contribution in [2.24, 2.45) is 0 Å². The molecule has 0 aliphatic carbocycles. The van der Waals surface area contributed by atoms with Crippen molar-refractivity contribution in [3.05, 3.63) is 53.6 Å². The summed E-state index contributed by atoms with van der Waals surface area (Å²) in [6.45, 7) is 4.45. The second kappa shape index (κ2) is 22.6. The van der Waals surface area contributed by atoms with Gasteiger partial charge in [0.1, 0.15) is 9.79 Å². The van der Waals surface area contributed by atoms with Gasteiger partial charge in [0.05, 0.1) is 0 Å². The fraction of sp³-hybridized carbons (Fsp3) is 0.676. The minimum Gasteiger partial charge on any atom is -0.377 e. The highest BCUT2D eigenvalue weighted by Gasteiger charge is 2.27. The molecule has 2 aromatic carbocycles. The Morgan fingerprint density at radius 2 is 0.911 bits per heavy atom. The summed E-state index contributed by atoms with van der Waals surface area (Å²) in [6.07, 6.45) is 25.8. The molecule has 0 fully saturated rings. The minimum atomic E-state index is -4.71. The van der Waals surface area contributed by atoms with Gasteiger partial charge >= 0.3 is 10.1 Å². The number of hydrogen-bond donors (Lipinski definition) is 1. The predicted octanol–water partition coefficient (Wildman–Crippen LogP) is 11.0. The predicted molar refractivity (Wildman–Crippen MR) is 186 cm³/mol. The summed E-state index contributed by atoms with van der Waals surface area (Å²) in [5.41, 5.74) is 1.03. The molecule has 0 bridgehead atoms. The Balaban J connectivity index is 1.93. The number of rotatable bonds is 27. The van der Waals surface area contributed by atoms with Gasteiger partial charge in [0, 0.05) is 0 Å². The van der Waals surface area contributed by atoms with Crippen LogP contribution in [0, 0.1) is 0 Å². The van der Waals surface area contributed by atoms with Crippen LogP contribution in [0.3, 0.4) is 0 Å². The first kappa shape index (κ1) is 39.3. The lowest BCUT2D eigenvalue weighted by Crippen LogP contribution is -2.15. The standard InChI is InChI=1S/C37H60O6S2/c1-3-5-7-9-11-13-15-17-18-20-22-27-33-28-24-25-32-36(33)45(41,42)43-35-31-26-30-34(37(35)44(38,39)40)29-23-21-19-16-14-12-10-8-6-4-2/h24-26,28,30-32H,3-23,27,29H2,1-2H3,(H,38,39,40). The molecule has 0 heterocycles. The quantitative estimate of drug-likeness (QED) is 0.0580. The van der Waals surface area contributed by atoms with E-state index in [-0.39, 0.29) is 10.6 Å². The Morgan fingerprint density at radius 3 is 1.38 bits per heavy atom. The molecule has 1 N–H and O–H groups in total. The summed E-state index contributed by atoms with van der Waals surface area (Å²) in [5, 5.41) is 0. The lowest BCUT2D eigenvalue weighted by atomic mass is 10.0. The van der Waals surface area contributed by atoms with Gasteiger partial charge in [0.25, 0.3) is 10.1 Å². The Kier molecular flexibility index (Phi) is 19.7. The van der Waals surface area contributed by atoms with Gasteiger partial charge in [-0.1, -0.05) is 166 Å². The zero-order chi connectivity index (χ0) is 32.8. The van der Waals surface area contributed by atoms with Crippen LogP contribution in [0.5, 0.6) is 5.75 Å². The van der Waals surface area contributed by atoms with E-state index in [0.29, 0.717) is 24.0 Å². The van der Waals surface area contributed by atoms with Gasteiger partial charge in [0.2, 0.25) is 0 Å². The maximum absolute atomic E-state index is 13.5. The van der Waals surface area contributed by atoms with E-state index in [1.54, 1.807) is 24.3 Å². The van der Waals surface area contributed by atoms with Crippen molar-refractivity contribution in [2.75, 3.05) is 0 Å². The van der Waals surface area contributed by atoms with Crippen LogP contribution >= 0.6 is 0 Å². The lowest BCUT2D eigenvalue weighted by molar-refractivity contribution is 0.460. The zero-order valence-corrected chi connectivity index (χ0v) is 29.7. The van der Waals surface area contributed by atoms with Gasteiger partial charge in [-0.3, -0.25) is 4.55 Å². The van der Waals surface area contributed by atoms with Crippen molar-refractivity contribution in [2.45, 2.75) is 171 Å². The van der Waals surface area contributed by atoms with E-state index in [1.165, 1.54) is 102 Å². The molecule has 0 unspecified atom stereocenters. The molecule has 0 aromatic heterocycles. The summed E-state index contributed by atoms with van der Waals surface area (Å²) < 4.78 is 67.4. The van der Waals surface area contributed by atoms with Crippen LogP contribution in [0.25, 0.3) is 0 Å². The Bertz CT molecular complexity index is 1290. The zero-order valence-electron chi connectivity index (χ0n) is 28.1.